The second-order valence-electron chi connectivity index (χ2n) is 14.7. The summed E-state index contributed by atoms with van der Waals surface area (Å²) in [5, 5.41) is 13.3. The fourth-order valence-electron chi connectivity index (χ4n) is 4.40. The third-order valence-corrected chi connectivity index (χ3v) is 7.81. The number of nitrogens with two attached hydrogens (primary N) is 1. The number of nitrogens with one attached hydrogen (secondary N) is 2. The molecule has 0 saturated carbocycles. The third kappa shape index (κ3) is 40.5. The van der Waals surface area contributed by atoms with Crippen LogP contribution in [0.25, 0.3) is 0 Å². The Hall–Kier alpha value is -3.97. The van der Waals surface area contributed by atoms with Crippen LogP contribution in [0.15, 0.2) is 17.2 Å². The van der Waals surface area contributed by atoms with Crippen molar-refractivity contribution in [2.45, 2.75) is 135 Å². The van der Waals surface area contributed by atoms with Crippen LogP contribution in [-0.2, 0) is 42.4 Å². The zero-order valence-electron chi connectivity index (χ0n) is 42.0. The van der Waals surface area contributed by atoms with E-state index in [2.05, 4.69) is 91.4 Å². The molecule has 1 atom stereocenters. The summed E-state index contributed by atoms with van der Waals surface area (Å²) in [7, 11) is 0. The van der Waals surface area contributed by atoms with Gasteiger partial charge in [0.05, 0.1) is 31.2 Å². The topological polar surface area (TPSA) is 292 Å². The molecular formula is C43H70Cl6N8O11P+. The van der Waals surface area contributed by atoms with Crippen LogP contribution in [0.2, 0.25) is 10.3 Å². The van der Waals surface area contributed by atoms with Crippen molar-refractivity contribution in [3.8, 4) is 5.88 Å². The van der Waals surface area contributed by atoms with Gasteiger partial charge in [-0.25, -0.2) is 24.9 Å². The van der Waals surface area contributed by atoms with Gasteiger partial charge in [-0.3, -0.25) is 33.6 Å². The number of nitrogens with zero attached hydrogens (tertiary/aromatic N) is 5. The molecule has 0 fully saturated rings. The van der Waals surface area contributed by atoms with E-state index in [4.69, 9.17) is 39.1 Å². The maximum atomic E-state index is 11.4. The largest absolute Gasteiger partial charge is 0.594 e. The Morgan fingerprint density at radius 1 is 0.797 bits per heavy atom. The number of aryl methyl sites for hydroxylation is 3. The Morgan fingerprint density at radius 2 is 1.19 bits per heavy atom. The number of carbonyl (C=O) groups excluding carboxylic acids is 5. The minimum absolute atomic E-state index is 0. The minimum Gasteiger partial charge on any atom is -0.493 e. The molecule has 3 heterocycles. The first-order valence-electron chi connectivity index (χ1n) is 21.0. The number of rotatable bonds is 11. The van der Waals surface area contributed by atoms with Crippen molar-refractivity contribution in [3.63, 3.8) is 0 Å². The molecule has 19 nitrogen and oxygen atoms in total. The SMILES string of the molecule is CC(=N)N.CC=[O+]C(=O)C(C(=O)OCC)C(C)C.CCOC(=O)CC(=O)OCC.Cc1nc(Cl)c(C(C)C)c(Cl)n1.Cc1nc(O)c(C(C)C)c(=O)[nH]1.Cc1ncc(C(C)C)cn1.Cl.O=P(Cl)(Cl)Cl. The number of esters is 3. The lowest BCUT2D eigenvalue weighted by molar-refractivity contribution is -0.378. The van der Waals surface area contributed by atoms with E-state index >= 15 is 0 Å². The molecule has 0 aromatic carbocycles. The number of ether oxygens (including phenoxy) is 3. The van der Waals surface area contributed by atoms with E-state index in [1.807, 2.05) is 47.0 Å². The van der Waals surface area contributed by atoms with Gasteiger partial charge < -0.3 is 30.0 Å². The van der Waals surface area contributed by atoms with Crippen molar-refractivity contribution in [2.75, 3.05) is 19.8 Å². The molecule has 3 aromatic rings. The van der Waals surface area contributed by atoms with Crippen LogP contribution in [0, 0.1) is 38.0 Å². The molecule has 1 unspecified atom stereocenters. The van der Waals surface area contributed by atoms with Crippen LogP contribution < -0.4 is 11.3 Å². The molecule has 26 heteroatoms. The van der Waals surface area contributed by atoms with Crippen LogP contribution in [0.1, 0.15) is 148 Å². The maximum absolute atomic E-state index is 11.4. The highest BCUT2D eigenvalue weighted by Gasteiger charge is 2.40. The summed E-state index contributed by atoms with van der Waals surface area (Å²) in [6.45, 7) is 29.8. The number of amidine groups is 1. The predicted octanol–water partition coefficient (Wildman–Crippen LogP) is 10.8. The van der Waals surface area contributed by atoms with Gasteiger partial charge in [-0.2, -0.15) is 0 Å². The van der Waals surface area contributed by atoms with Crippen molar-refractivity contribution in [3.05, 3.63) is 67.2 Å². The van der Waals surface area contributed by atoms with Crippen molar-refractivity contribution < 1.29 is 47.5 Å². The zero-order valence-corrected chi connectivity index (χ0v) is 47.5. The van der Waals surface area contributed by atoms with E-state index in [-0.39, 0.29) is 73.7 Å². The average molecular weight is 1120 g/mol. The number of aromatic amines is 1. The quantitative estimate of drug-likeness (QED) is 0.0160. The van der Waals surface area contributed by atoms with Crippen LogP contribution in [0.4, 0.5) is 0 Å². The monoisotopic (exact) mass is 1120 g/mol. The van der Waals surface area contributed by atoms with Crippen LogP contribution in [-0.4, -0.2) is 90.8 Å². The van der Waals surface area contributed by atoms with Gasteiger partial charge in [0.25, 0.3) is 5.56 Å². The van der Waals surface area contributed by atoms with E-state index in [0.29, 0.717) is 33.4 Å². The first-order chi connectivity index (χ1) is 31.2. The molecule has 3 aromatic heterocycles. The smallest absolute Gasteiger partial charge is 0.493 e. The summed E-state index contributed by atoms with van der Waals surface area (Å²) in [6.07, 6.45) is 4.73. The highest BCUT2D eigenvalue weighted by molar-refractivity contribution is 8.24. The molecule has 0 radical (unpaired) electrons. The van der Waals surface area contributed by atoms with Crippen LogP contribution in [0.5, 0.6) is 5.88 Å². The first-order valence-corrected chi connectivity index (χ1v) is 26.1. The number of hydrogen-bond acceptors (Lipinski definition) is 16. The number of aldehydes is 1. The van der Waals surface area contributed by atoms with Crippen LogP contribution >= 0.6 is 74.5 Å². The van der Waals surface area contributed by atoms with Crippen molar-refractivity contribution in [2.24, 2.45) is 17.6 Å². The molecule has 0 aliphatic rings. The van der Waals surface area contributed by atoms with Gasteiger partial charge in [0.1, 0.15) is 34.2 Å². The Labute approximate surface area is 436 Å². The number of carbonyl (C=O) groups is 4. The fraction of sp³-hybridized carbons (Fsp3) is 0.581. The predicted molar refractivity (Wildman–Crippen MR) is 277 cm³/mol. The second kappa shape index (κ2) is 40.7. The second-order valence-corrected chi connectivity index (χ2v) is 22.1. The molecule has 3 rings (SSSR count). The number of hydrogen-bond donors (Lipinski definition) is 4. The Bertz CT molecular complexity index is 2070. The molecule has 0 aliphatic heterocycles. The lowest BCUT2D eigenvalue weighted by Crippen LogP contribution is -2.31. The van der Waals surface area contributed by atoms with E-state index in [9.17, 15) is 33.6 Å². The molecule has 69 heavy (non-hydrogen) atoms. The van der Waals surface area contributed by atoms with Gasteiger partial charge in [0.15, 0.2) is 6.29 Å². The molecule has 5 N–H and O–H groups in total. The van der Waals surface area contributed by atoms with Gasteiger partial charge in [0, 0.05) is 29.7 Å². The lowest BCUT2D eigenvalue weighted by Gasteiger charge is -2.09. The van der Waals surface area contributed by atoms with Crippen LogP contribution in [0.3, 0.4) is 0 Å². The minimum atomic E-state index is -3.22. The number of aromatic nitrogens is 6. The molecule has 0 spiro atoms. The number of aromatic hydroxyl groups is 1. The highest BCUT2D eigenvalue weighted by Crippen LogP contribution is 2.61. The van der Waals surface area contributed by atoms with Crippen molar-refractivity contribution >= 4 is 111 Å². The molecule has 0 amide bonds. The van der Waals surface area contributed by atoms with Gasteiger partial charge in [0.2, 0.25) is 11.8 Å². The van der Waals surface area contributed by atoms with E-state index in [1.165, 1.54) is 18.8 Å². The maximum Gasteiger partial charge on any atom is 0.594 e. The van der Waals surface area contributed by atoms with Gasteiger partial charge in [-0.05, 0) is 111 Å². The third-order valence-electron chi connectivity index (χ3n) is 7.23. The van der Waals surface area contributed by atoms with E-state index < -0.39 is 35.0 Å². The summed E-state index contributed by atoms with van der Waals surface area (Å²) in [5.41, 5.74) is 6.81. The van der Waals surface area contributed by atoms with Crippen molar-refractivity contribution in [1.29, 1.82) is 5.41 Å². The van der Waals surface area contributed by atoms with E-state index in [0.717, 1.165) is 11.4 Å². The molecular weight excluding hydrogens is 1050 g/mol. The Balaban J connectivity index is -0.000000236. The zero-order chi connectivity index (χ0) is 54.1. The summed E-state index contributed by atoms with van der Waals surface area (Å²) in [6, 6.07) is 0. The molecule has 0 saturated heterocycles. The standard InChI is InChI=1S/C10H17O4.C8H10Cl2N2.C8H12N2O2.C8H12N2.C7H12O4.C2H6N2.Cl3OP.ClH/c1-5-13-9(11)8(7(3)4)10(12)14-6-2;1-4(2)6-7(9)11-5(3)12-8(6)10;1-4(2)6-7(11)9-5(3)10-8(6)12;1-6(2)8-4-9-7(3)10-5-8;1-3-10-6(8)5-7(9)11-4-2;1-2(3)4;1-5(2,3)4;/h5,7-8H,6H2,1-4H3;4H,1-3H3;4H,1-3H3,(H2,9,10,11,12);4-6H,1-3H3;3-5H2,1-2H3;1H3,(H3,3,4);;1H/q+1;;;;;;;. The molecule has 394 valence electrons. The first kappa shape index (κ1) is 74.0. The fourth-order valence-corrected chi connectivity index (χ4v) is 5.30. The summed E-state index contributed by atoms with van der Waals surface area (Å²) >= 11 is 25.6. The van der Waals surface area contributed by atoms with Gasteiger partial charge in [-0.15, -0.1) is 12.4 Å². The highest BCUT2D eigenvalue weighted by atomic mass is 36.0. The molecule has 0 bridgehead atoms. The van der Waals surface area contributed by atoms with Gasteiger partial charge in [-0.1, -0.05) is 78.6 Å². The average Bonchev–Trinajstić information content (AvgIpc) is 3.14. The number of H-pyrrole nitrogens is 1. The normalized spacial score (nSPS) is 10.6. The molecule has 0 aliphatic carbocycles. The Morgan fingerprint density at radius 3 is 1.49 bits per heavy atom. The lowest BCUT2D eigenvalue weighted by atomic mass is 9.96. The summed E-state index contributed by atoms with van der Waals surface area (Å²) in [4.78, 5) is 77.7. The van der Waals surface area contributed by atoms with Gasteiger partial charge >= 0.3 is 29.1 Å². The van der Waals surface area contributed by atoms with Crippen molar-refractivity contribution in [1.82, 2.24) is 29.9 Å². The Kier molecular flexibility index (Phi) is 43.7. The summed E-state index contributed by atoms with van der Waals surface area (Å²) in [5.74, 6) is -0.445. The summed E-state index contributed by atoms with van der Waals surface area (Å²) < 4.78 is 28.0. The number of halogens is 6. The van der Waals surface area contributed by atoms with E-state index in [1.54, 1.807) is 55.4 Å².